The molecule has 1 aromatic heterocycles. The first kappa shape index (κ1) is 23.6. The molecule has 2 aromatic carbocycles. The van der Waals surface area contributed by atoms with E-state index in [1.54, 1.807) is 24.3 Å². The highest BCUT2D eigenvalue weighted by molar-refractivity contribution is 5.85. The number of aromatic hydroxyl groups is 1. The molecule has 0 amide bonds. The summed E-state index contributed by atoms with van der Waals surface area (Å²) in [6.07, 6.45) is 4.73. The van der Waals surface area contributed by atoms with Gasteiger partial charge in [-0.1, -0.05) is 32.0 Å². The number of aryl methyl sites for hydroxylation is 2. The summed E-state index contributed by atoms with van der Waals surface area (Å²) in [5, 5.41) is 28.5. The Hall–Kier alpha value is -2.63. The van der Waals surface area contributed by atoms with Crippen LogP contribution in [0.1, 0.15) is 50.7 Å². The Bertz CT molecular complexity index is 973. The van der Waals surface area contributed by atoms with Crippen LogP contribution in [0.5, 0.6) is 5.75 Å². The molecule has 3 rings (SSSR count). The van der Waals surface area contributed by atoms with Crippen molar-refractivity contribution in [2.75, 3.05) is 13.2 Å². The molecule has 3 aromatic rings. The predicted molar refractivity (Wildman–Crippen MR) is 121 cm³/mol. The van der Waals surface area contributed by atoms with Gasteiger partial charge in [-0.15, -0.1) is 0 Å². The lowest BCUT2D eigenvalue weighted by Gasteiger charge is -2.11. The van der Waals surface area contributed by atoms with Crippen molar-refractivity contribution >= 4 is 11.0 Å². The van der Waals surface area contributed by atoms with Gasteiger partial charge in [0.15, 0.2) is 0 Å². The third-order valence-corrected chi connectivity index (χ3v) is 4.87. The first-order valence-electron chi connectivity index (χ1n) is 10.7. The molecule has 0 aliphatic carbocycles. The third-order valence-electron chi connectivity index (χ3n) is 4.87. The molecule has 0 saturated carbocycles. The molecule has 0 saturated heterocycles. The molecule has 3 N–H and O–H groups in total. The van der Waals surface area contributed by atoms with Crippen LogP contribution in [-0.2, 0) is 12.8 Å². The number of phenolic OH excluding ortho intramolecular Hbond substituents is 1. The summed E-state index contributed by atoms with van der Waals surface area (Å²) in [5.74, 6) is 0.145. The summed E-state index contributed by atoms with van der Waals surface area (Å²) in [4.78, 5) is 12.6. The summed E-state index contributed by atoms with van der Waals surface area (Å²) in [6.45, 7) is 4.32. The monoisotopic (exact) mass is 412 g/mol. The minimum atomic E-state index is -0.408. The van der Waals surface area contributed by atoms with E-state index in [1.165, 1.54) is 0 Å². The van der Waals surface area contributed by atoms with Crippen molar-refractivity contribution in [1.82, 2.24) is 0 Å². The van der Waals surface area contributed by atoms with Crippen molar-refractivity contribution in [3.63, 3.8) is 0 Å². The first-order valence-corrected chi connectivity index (χ1v) is 10.7. The first-order chi connectivity index (χ1) is 14.6. The van der Waals surface area contributed by atoms with Crippen molar-refractivity contribution < 1.29 is 19.7 Å². The molecule has 5 heteroatoms. The summed E-state index contributed by atoms with van der Waals surface area (Å²) < 4.78 is 5.70. The van der Waals surface area contributed by atoms with Crippen molar-refractivity contribution in [2.24, 2.45) is 0 Å². The zero-order chi connectivity index (χ0) is 21.9. The topological polar surface area (TPSA) is 90.9 Å². The van der Waals surface area contributed by atoms with E-state index in [0.717, 1.165) is 48.6 Å². The van der Waals surface area contributed by atoms with Crippen LogP contribution >= 0.6 is 0 Å². The second-order valence-electron chi connectivity index (χ2n) is 7.03. The van der Waals surface area contributed by atoms with Crippen molar-refractivity contribution in [3.05, 3.63) is 64.0 Å². The van der Waals surface area contributed by atoms with Gasteiger partial charge >= 0.3 is 5.63 Å². The number of hydrogen-bond donors (Lipinski definition) is 3. The second kappa shape index (κ2) is 12.2. The summed E-state index contributed by atoms with van der Waals surface area (Å²) in [6, 6.07) is 12.4. The summed E-state index contributed by atoms with van der Waals surface area (Å²) >= 11 is 0. The van der Waals surface area contributed by atoms with Gasteiger partial charge in [0.1, 0.15) is 11.3 Å². The number of unbranched alkanes of at least 4 members (excludes halogenated alkanes) is 2. The zero-order valence-corrected chi connectivity index (χ0v) is 17.9. The molecular weight excluding hydrogens is 380 g/mol. The molecule has 30 heavy (non-hydrogen) atoms. The molecule has 0 radical (unpaired) electrons. The fourth-order valence-electron chi connectivity index (χ4n) is 3.42. The molecule has 5 nitrogen and oxygen atoms in total. The maximum absolute atomic E-state index is 12.6. The maximum Gasteiger partial charge on any atom is 0.344 e. The Labute approximate surface area is 177 Å². The Morgan fingerprint density at radius 2 is 1.47 bits per heavy atom. The molecule has 0 aliphatic rings. The largest absolute Gasteiger partial charge is 0.508 e. The maximum atomic E-state index is 12.6. The molecule has 1 heterocycles. The number of aliphatic hydroxyl groups excluding tert-OH is 2. The molecular formula is C25H32O5. The highest BCUT2D eigenvalue weighted by atomic mass is 16.4. The van der Waals surface area contributed by atoms with E-state index >= 15 is 0 Å². The van der Waals surface area contributed by atoms with E-state index in [1.807, 2.05) is 26.0 Å². The van der Waals surface area contributed by atoms with Gasteiger partial charge in [-0.05, 0) is 79.5 Å². The predicted octanol–water partition coefficient (Wildman–Crippen LogP) is 4.82. The number of benzene rings is 2. The number of rotatable bonds is 9. The van der Waals surface area contributed by atoms with Gasteiger partial charge in [-0.2, -0.15) is 0 Å². The van der Waals surface area contributed by atoms with Crippen LogP contribution in [0.3, 0.4) is 0 Å². The van der Waals surface area contributed by atoms with Gasteiger partial charge in [0, 0.05) is 18.6 Å². The lowest BCUT2D eigenvalue weighted by atomic mass is 9.97. The lowest BCUT2D eigenvalue weighted by Crippen LogP contribution is -2.05. The molecule has 0 unspecified atom stereocenters. The number of aliphatic hydroxyl groups is 2. The van der Waals surface area contributed by atoms with Crippen LogP contribution in [0.2, 0.25) is 0 Å². The van der Waals surface area contributed by atoms with Crippen LogP contribution in [0, 0.1) is 0 Å². The molecule has 0 aliphatic heterocycles. The van der Waals surface area contributed by atoms with Gasteiger partial charge < -0.3 is 19.7 Å². The number of fused-ring (bicyclic) bond motifs is 1. The molecule has 0 fully saturated rings. The average molecular weight is 413 g/mol. The fraction of sp³-hybridized carbons (Fsp3) is 0.400. The quantitative estimate of drug-likeness (QED) is 0.346. The minimum absolute atomic E-state index is 0.142. The zero-order valence-electron chi connectivity index (χ0n) is 17.9. The van der Waals surface area contributed by atoms with Gasteiger partial charge in [-0.3, -0.25) is 0 Å². The Morgan fingerprint density at radius 3 is 2.10 bits per heavy atom. The molecule has 0 spiro atoms. The highest BCUT2D eigenvalue weighted by Gasteiger charge is 2.12. The van der Waals surface area contributed by atoms with Gasteiger partial charge in [0.2, 0.25) is 0 Å². The smallest absolute Gasteiger partial charge is 0.344 e. The van der Waals surface area contributed by atoms with Crippen LogP contribution in [0.4, 0.5) is 0 Å². The van der Waals surface area contributed by atoms with Crippen molar-refractivity contribution in [1.29, 1.82) is 0 Å². The van der Waals surface area contributed by atoms with Crippen LogP contribution in [-0.4, -0.2) is 28.5 Å². The number of hydrogen-bond acceptors (Lipinski definition) is 5. The van der Waals surface area contributed by atoms with Crippen LogP contribution in [0.25, 0.3) is 22.1 Å². The van der Waals surface area contributed by atoms with Crippen molar-refractivity contribution in [2.45, 2.75) is 52.4 Å². The van der Waals surface area contributed by atoms with Gasteiger partial charge in [0.05, 0.1) is 5.56 Å². The minimum Gasteiger partial charge on any atom is -0.508 e. The Morgan fingerprint density at radius 1 is 0.833 bits per heavy atom. The number of phenols is 1. The molecule has 162 valence electrons. The SMILES string of the molecule is CC.O=c1oc2c(CCCCO)cc(CCCCO)cc2cc1-c1ccc(O)cc1. The summed E-state index contributed by atoms with van der Waals surface area (Å²) in [5.41, 5.74) is 3.46. The van der Waals surface area contributed by atoms with E-state index in [2.05, 4.69) is 6.07 Å². The Balaban J connectivity index is 0.00000155. The highest BCUT2D eigenvalue weighted by Crippen LogP contribution is 2.27. The third kappa shape index (κ3) is 6.18. The molecule has 0 atom stereocenters. The van der Waals surface area contributed by atoms with Gasteiger partial charge in [-0.25, -0.2) is 4.79 Å². The van der Waals surface area contributed by atoms with Crippen LogP contribution < -0.4 is 5.63 Å². The Kier molecular flexibility index (Phi) is 9.58. The fourth-order valence-corrected chi connectivity index (χ4v) is 3.42. The normalized spacial score (nSPS) is 10.7. The van der Waals surface area contributed by atoms with E-state index in [0.29, 0.717) is 23.1 Å². The second-order valence-corrected chi connectivity index (χ2v) is 7.03. The van der Waals surface area contributed by atoms with E-state index < -0.39 is 5.63 Å². The van der Waals surface area contributed by atoms with E-state index in [9.17, 15) is 9.90 Å². The van der Waals surface area contributed by atoms with E-state index in [4.69, 9.17) is 14.6 Å². The molecule has 0 bridgehead atoms. The summed E-state index contributed by atoms with van der Waals surface area (Å²) in [7, 11) is 0. The van der Waals surface area contributed by atoms with E-state index in [-0.39, 0.29) is 19.0 Å². The average Bonchev–Trinajstić information content (AvgIpc) is 2.76. The van der Waals surface area contributed by atoms with Crippen LogP contribution in [0.15, 0.2) is 51.7 Å². The lowest BCUT2D eigenvalue weighted by molar-refractivity contribution is 0.284. The standard InChI is InChI=1S/C23H26O5.C2H6/c24-11-3-1-5-16-13-18(6-2-4-12-25)22-19(14-16)15-21(23(27)28-22)17-7-9-20(26)10-8-17;1-2/h7-10,13-15,24-26H,1-6,11-12H2;1-2H3. The van der Waals surface area contributed by atoms with Crippen molar-refractivity contribution in [3.8, 4) is 16.9 Å². The van der Waals surface area contributed by atoms with Gasteiger partial charge in [0.25, 0.3) is 0 Å².